The van der Waals surface area contributed by atoms with Gasteiger partial charge in [0.05, 0.1) is 0 Å². The van der Waals surface area contributed by atoms with Crippen molar-refractivity contribution >= 4 is 12.4 Å². The highest BCUT2D eigenvalue weighted by Gasteiger charge is 1.82. The molecule has 0 saturated carbocycles. The topological polar surface area (TPSA) is 60.7 Å². The van der Waals surface area contributed by atoms with Gasteiger partial charge in [-0.1, -0.05) is 41.5 Å². The van der Waals surface area contributed by atoms with Gasteiger partial charge in [-0.25, -0.2) is 0 Å². The van der Waals surface area contributed by atoms with Crippen LogP contribution in [0.2, 0.25) is 0 Å². The van der Waals surface area contributed by atoms with Gasteiger partial charge >= 0.3 is 0 Å². The van der Waals surface area contributed by atoms with Crippen LogP contribution in [0.5, 0.6) is 0 Å². The van der Waals surface area contributed by atoms with Gasteiger partial charge in [0.15, 0.2) is 0 Å². The molecule has 0 bridgehead atoms. The highest BCUT2D eigenvalue weighted by Crippen LogP contribution is 1.84. The maximum atomic E-state index is 8.14. The highest BCUT2D eigenvalue weighted by molar-refractivity contribution is 5.85. The molecule has 3 N–H and O–H groups in total. The summed E-state index contributed by atoms with van der Waals surface area (Å²) in [5.74, 6) is 1.32. The summed E-state index contributed by atoms with van der Waals surface area (Å²) in [5.41, 5.74) is 0. The molecule has 0 radical (unpaired) electrons. The van der Waals surface area contributed by atoms with Gasteiger partial charge in [-0.2, -0.15) is 0 Å². The molecule has 0 rings (SSSR count). The molecule has 0 aliphatic rings. The molecule has 104 valence electrons. The van der Waals surface area contributed by atoms with E-state index in [1.807, 2.05) is 41.5 Å². The largest absolute Gasteiger partial charge is 0.396 e. The van der Waals surface area contributed by atoms with E-state index in [2.05, 4.69) is 0 Å². The van der Waals surface area contributed by atoms with E-state index in [1.165, 1.54) is 0 Å². The first-order chi connectivity index (χ1) is 6.81. The molecule has 0 aliphatic heterocycles. The number of hydrogen-bond acceptors (Lipinski definition) is 3. The average Bonchev–Trinajstić information content (AvgIpc) is 2.19. The lowest BCUT2D eigenvalue weighted by Gasteiger charge is -1.90. The second kappa shape index (κ2) is 20.6. The lowest BCUT2D eigenvalue weighted by Crippen LogP contribution is -1.90. The smallest absolute Gasteiger partial charge is 0.0453 e. The fourth-order valence-corrected chi connectivity index (χ4v) is 0. The Balaban J connectivity index is -0.0000000655. The maximum absolute atomic E-state index is 8.14. The highest BCUT2D eigenvalue weighted by atomic mass is 35.5. The van der Waals surface area contributed by atoms with Crippen LogP contribution in [0.1, 0.15) is 41.5 Å². The zero-order chi connectivity index (χ0) is 12.9. The third-order valence-corrected chi connectivity index (χ3v) is 1.10. The minimum absolute atomic E-state index is 0. The van der Waals surface area contributed by atoms with Crippen LogP contribution in [-0.2, 0) is 0 Å². The molecule has 4 heteroatoms. The maximum Gasteiger partial charge on any atom is 0.0453 e. The molecule has 16 heavy (non-hydrogen) atoms. The standard InChI is InChI=1S/3C4H10O.ClH/c3*1-4(2)3-5;/h3*4-5H,3H2,1-2H3;1H. The summed E-state index contributed by atoms with van der Waals surface area (Å²) in [7, 11) is 0. The summed E-state index contributed by atoms with van der Waals surface area (Å²) in [4.78, 5) is 0. The Kier molecular flexibility index (Phi) is 32.3. The fraction of sp³-hybridized carbons (Fsp3) is 1.00. The molecular formula is C12H31ClO3. The number of aliphatic hydroxyl groups is 3. The van der Waals surface area contributed by atoms with Gasteiger partial charge in [0.2, 0.25) is 0 Å². The second-order valence-corrected chi connectivity index (χ2v) is 4.73. The van der Waals surface area contributed by atoms with Crippen LogP contribution in [-0.4, -0.2) is 35.1 Å². The van der Waals surface area contributed by atoms with Gasteiger partial charge in [0.1, 0.15) is 0 Å². The molecule has 0 amide bonds. The minimum atomic E-state index is 0. The van der Waals surface area contributed by atoms with Gasteiger partial charge < -0.3 is 15.3 Å². The monoisotopic (exact) mass is 258 g/mol. The Morgan fingerprint density at radius 2 is 0.625 bits per heavy atom. The van der Waals surface area contributed by atoms with Crippen LogP contribution in [0.25, 0.3) is 0 Å². The Labute approximate surface area is 107 Å². The molecule has 0 fully saturated rings. The summed E-state index contributed by atoms with van der Waals surface area (Å²) in [6.45, 7) is 12.7. The summed E-state index contributed by atoms with van der Waals surface area (Å²) in [5, 5.41) is 24.4. The predicted octanol–water partition coefficient (Wildman–Crippen LogP) is 2.33. The third-order valence-electron chi connectivity index (χ3n) is 1.10. The minimum Gasteiger partial charge on any atom is -0.396 e. The van der Waals surface area contributed by atoms with Gasteiger partial charge in [-0.3, -0.25) is 0 Å². The quantitative estimate of drug-likeness (QED) is 0.728. The first-order valence-electron chi connectivity index (χ1n) is 5.64. The van der Waals surface area contributed by atoms with E-state index < -0.39 is 0 Å². The molecule has 0 spiro atoms. The molecule has 0 saturated heterocycles. The van der Waals surface area contributed by atoms with E-state index in [4.69, 9.17) is 15.3 Å². The second-order valence-electron chi connectivity index (χ2n) is 4.73. The Hall–Kier alpha value is 0.170. The van der Waals surface area contributed by atoms with E-state index in [0.717, 1.165) is 0 Å². The fourth-order valence-electron chi connectivity index (χ4n) is 0. The molecule has 0 aromatic rings. The van der Waals surface area contributed by atoms with Crippen molar-refractivity contribution in [2.24, 2.45) is 17.8 Å². The van der Waals surface area contributed by atoms with Crippen molar-refractivity contribution in [3.05, 3.63) is 0 Å². The SMILES string of the molecule is CC(C)CO.CC(C)CO.CC(C)CO.Cl. The van der Waals surface area contributed by atoms with Crippen LogP contribution in [0.15, 0.2) is 0 Å². The van der Waals surface area contributed by atoms with Crippen LogP contribution < -0.4 is 0 Å². The van der Waals surface area contributed by atoms with Gasteiger partial charge in [-0.15, -0.1) is 12.4 Å². The molecular weight excluding hydrogens is 228 g/mol. The van der Waals surface area contributed by atoms with Crippen molar-refractivity contribution in [3.8, 4) is 0 Å². The van der Waals surface area contributed by atoms with E-state index in [-0.39, 0.29) is 12.4 Å². The first kappa shape index (κ1) is 25.1. The normalized spacial score (nSPS) is 9.00. The van der Waals surface area contributed by atoms with Gasteiger partial charge in [0.25, 0.3) is 0 Å². The van der Waals surface area contributed by atoms with E-state index in [0.29, 0.717) is 37.6 Å². The van der Waals surface area contributed by atoms with E-state index in [1.54, 1.807) is 0 Å². The molecule has 0 aromatic heterocycles. The van der Waals surface area contributed by atoms with Crippen molar-refractivity contribution in [2.75, 3.05) is 19.8 Å². The van der Waals surface area contributed by atoms with E-state index >= 15 is 0 Å². The lowest BCUT2D eigenvalue weighted by atomic mass is 10.2. The Bertz CT molecular complexity index is 77.2. The zero-order valence-corrected chi connectivity index (χ0v) is 12.4. The first-order valence-corrected chi connectivity index (χ1v) is 5.64. The van der Waals surface area contributed by atoms with Crippen molar-refractivity contribution in [1.29, 1.82) is 0 Å². The summed E-state index contributed by atoms with van der Waals surface area (Å²) < 4.78 is 0. The van der Waals surface area contributed by atoms with Crippen molar-refractivity contribution < 1.29 is 15.3 Å². The summed E-state index contributed by atoms with van der Waals surface area (Å²) in [6, 6.07) is 0. The van der Waals surface area contributed by atoms with Crippen molar-refractivity contribution in [3.63, 3.8) is 0 Å². The molecule has 0 unspecified atom stereocenters. The summed E-state index contributed by atoms with van der Waals surface area (Å²) >= 11 is 0. The van der Waals surface area contributed by atoms with Crippen LogP contribution in [0.3, 0.4) is 0 Å². The summed E-state index contributed by atoms with van der Waals surface area (Å²) in [6.07, 6.45) is 0. The number of aliphatic hydroxyl groups excluding tert-OH is 3. The number of halogens is 1. The third kappa shape index (κ3) is 64.6. The average molecular weight is 259 g/mol. The number of hydrogen-bond donors (Lipinski definition) is 3. The molecule has 0 heterocycles. The number of rotatable bonds is 3. The molecule has 0 aliphatic carbocycles. The molecule has 3 nitrogen and oxygen atoms in total. The van der Waals surface area contributed by atoms with Crippen molar-refractivity contribution in [2.45, 2.75) is 41.5 Å². The van der Waals surface area contributed by atoms with Crippen LogP contribution >= 0.6 is 12.4 Å². The molecule has 0 aromatic carbocycles. The van der Waals surface area contributed by atoms with Crippen molar-refractivity contribution in [1.82, 2.24) is 0 Å². The Morgan fingerprint density at radius 1 is 0.562 bits per heavy atom. The predicted molar refractivity (Wildman–Crippen MR) is 73.0 cm³/mol. The van der Waals surface area contributed by atoms with Crippen LogP contribution in [0.4, 0.5) is 0 Å². The van der Waals surface area contributed by atoms with E-state index in [9.17, 15) is 0 Å². The Morgan fingerprint density at radius 3 is 0.625 bits per heavy atom. The molecule has 0 atom stereocenters. The van der Waals surface area contributed by atoms with Crippen LogP contribution in [0, 0.1) is 17.8 Å². The van der Waals surface area contributed by atoms with Gasteiger partial charge in [0, 0.05) is 19.8 Å². The lowest BCUT2D eigenvalue weighted by molar-refractivity contribution is 0.248. The zero-order valence-electron chi connectivity index (χ0n) is 11.6. The van der Waals surface area contributed by atoms with Gasteiger partial charge in [-0.05, 0) is 17.8 Å².